The fourth-order valence-electron chi connectivity index (χ4n) is 5.39. The van der Waals surface area contributed by atoms with Gasteiger partial charge in [0.05, 0.1) is 11.8 Å². The topological polar surface area (TPSA) is 108 Å². The van der Waals surface area contributed by atoms with Crippen LogP contribution in [0.3, 0.4) is 0 Å². The van der Waals surface area contributed by atoms with Crippen LogP contribution < -0.4 is 20.9 Å². The van der Waals surface area contributed by atoms with Crippen LogP contribution in [0.4, 0.5) is 17.6 Å². The van der Waals surface area contributed by atoms with Gasteiger partial charge in [-0.3, -0.25) is 0 Å². The van der Waals surface area contributed by atoms with Gasteiger partial charge in [-0.15, -0.1) is 0 Å². The molecule has 2 aliphatic rings. The van der Waals surface area contributed by atoms with Crippen LogP contribution in [0.5, 0.6) is 0 Å². The highest BCUT2D eigenvalue weighted by molar-refractivity contribution is 6.31. The Bertz CT molecular complexity index is 1250. The van der Waals surface area contributed by atoms with E-state index in [0.717, 1.165) is 67.9 Å². The second kappa shape index (κ2) is 10.3. The standard InChI is InChI=1S/C27H39ClN8O/c1-17(2)20-15-31-36-24(20)32-26(34-12-9-19(29)10-13-34)33-25(36)30-14-21-22(28)6-5-7-23(21)35-11-8-18(16-35)27(3,4)37/h5-7,15,17-19,37H,8-14,16,29H2,1-4H3,(H,30,32,33)/t18-/m1/s1. The van der Waals surface area contributed by atoms with Crippen molar-refractivity contribution < 1.29 is 5.11 Å². The molecular formula is C27H39ClN8O. The minimum atomic E-state index is -0.707. The van der Waals surface area contributed by atoms with Gasteiger partial charge in [-0.05, 0) is 51.2 Å². The van der Waals surface area contributed by atoms with Crippen LogP contribution in [0.2, 0.25) is 5.02 Å². The van der Waals surface area contributed by atoms with Gasteiger partial charge in [-0.25, -0.2) is 0 Å². The molecule has 1 aromatic carbocycles. The molecule has 0 amide bonds. The average Bonchev–Trinajstić information content (AvgIpc) is 3.51. The van der Waals surface area contributed by atoms with Crippen LogP contribution in [-0.2, 0) is 6.54 Å². The van der Waals surface area contributed by atoms with Crippen LogP contribution in [-0.4, -0.2) is 62.5 Å². The van der Waals surface area contributed by atoms with E-state index in [1.54, 1.807) is 4.52 Å². The Kier molecular flexibility index (Phi) is 7.22. The van der Waals surface area contributed by atoms with E-state index < -0.39 is 5.60 Å². The molecule has 1 atom stereocenters. The summed E-state index contributed by atoms with van der Waals surface area (Å²) in [6.45, 7) is 12.0. The zero-order valence-electron chi connectivity index (χ0n) is 22.3. The predicted molar refractivity (Wildman–Crippen MR) is 150 cm³/mol. The van der Waals surface area contributed by atoms with Gasteiger partial charge in [0.25, 0.3) is 0 Å². The third kappa shape index (κ3) is 5.35. The van der Waals surface area contributed by atoms with Gasteiger partial charge in [0.1, 0.15) is 0 Å². The van der Waals surface area contributed by atoms with E-state index in [2.05, 4.69) is 40.1 Å². The summed E-state index contributed by atoms with van der Waals surface area (Å²) in [6.07, 6.45) is 4.69. The Morgan fingerprint density at radius 2 is 1.86 bits per heavy atom. The maximum Gasteiger partial charge on any atom is 0.230 e. The molecule has 200 valence electrons. The van der Waals surface area contributed by atoms with Crippen LogP contribution in [0, 0.1) is 5.92 Å². The minimum absolute atomic E-state index is 0.215. The zero-order chi connectivity index (χ0) is 26.3. The van der Waals surface area contributed by atoms with E-state index in [9.17, 15) is 5.11 Å². The first kappa shape index (κ1) is 26.0. The number of fused-ring (bicyclic) bond motifs is 1. The number of aliphatic hydroxyl groups is 1. The summed E-state index contributed by atoms with van der Waals surface area (Å²) in [5.74, 6) is 1.85. The van der Waals surface area contributed by atoms with Crippen molar-refractivity contribution in [2.24, 2.45) is 11.7 Å². The van der Waals surface area contributed by atoms with Crippen molar-refractivity contribution in [2.75, 3.05) is 41.3 Å². The Labute approximate surface area is 224 Å². The van der Waals surface area contributed by atoms with E-state index >= 15 is 0 Å². The van der Waals surface area contributed by atoms with Crippen LogP contribution in [0.15, 0.2) is 24.4 Å². The summed E-state index contributed by atoms with van der Waals surface area (Å²) in [5.41, 5.74) is 9.45. The molecule has 3 aromatic rings. The molecule has 5 rings (SSSR count). The number of benzene rings is 1. The van der Waals surface area contributed by atoms with Gasteiger partial charge in [-0.1, -0.05) is 31.5 Å². The Morgan fingerprint density at radius 3 is 2.54 bits per heavy atom. The first-order valence-corrected chi connectivity index (χ1v) is 13.7. The molecule has 2 saturated heterocycles. The second-order valence-corrected chi connectivity index (χ2v) is 11.7. The number of rotatable bonds is 7. The summed E-state index contributed by atoms with van der Waals surface area (Å²) >= 11 is 6.74. The SMILES string of the molecule is CC(C)c1cnn2c(NCc3c(Cl)cccc3N3CC[C@@H](C(C)(C)O)C3)nc(N3CCC(N)CC3)nc12. The Morgan fingerprint density at radius 1 is 1.14 bits per heavy atom. The Balaban J connectivity index is 1.45. The molecule has 9 nitrogen and oxygen atoms in total. The highest BCUT2D eigenvalue weighted by Crippen LogP contribution is 2.35. The highest BCUT2D eigenvalue weighted by Gasteiger charge is 2.34. The van der Waals surface area contributed by atoms with Crippen molar-refractivity contribution >= 4 is 34.8 Å². The van der Waals surface area contributed by atoms with Crippen molar-refractivity contribution in [3.05, 3.63) is 40.5 Å². The molecule has 2 aliphatic heterocycles. The molecule has 0 spiro atoms. The number of nitrogens with two attached hydrogens (primary N) is 1. The molecule has 2 fully saturated rings. The summed E-state index contributed by atoms with van der Waals surface area (Å²) in [4.78, 5) is 14.4. The van der Waals surface area contributed by atoms with E-state index in [0.29, 0.717) is 23.5 Å². The van der Waals surface area contributed by atoms with Gasteiger partial charge in [0, 0.05) is 66.5 Å². The molecule has 0 saturated carbocycles. The molecule has 4 N–H and O–H groups in total. The average molecular weight is 527 g/mol. The lowest BCUT2D eigenvalue weighted by atomic mass is 9.90. The van der Waals surface area contributed by atoms with Gasteiger partial charge in [0.2, 0.25) is 11.9 Å². The molecule has 4 heterocycles. The maximum atomic E-state index is 10.5. The van der Waals surface area contributed by atoms with Crippen LogP contribution in [0.25, 0.3) is 5.65 Å². The predicted octanol–water partition coefficient (Wildman–Crippen LogP) is 4.04. The van der Waals surface area contributed by atoms with Crippen LogP contribution >= 0.6 is 11.6 Å². The van der Waals surface area contributed by atoms with Crippen molar-refractivity contribution in [1.29, 1.82) is 0 Å². The lowest BCUT2D eigenvalue weighted by Gasteiger charge is -2.30. The molecule has 0 unspecified atom stereocenters. The van der Waals surface area contributed by atoms with Gasteiger partial charge in [-0.2, -0.15) is 19.6 Å². The molecule has 37 heavy (non-hydrogen) atoms. The fraction of sp³-hybridized carbons (Fsp3) is 0.593. The Hall–Kier alpha value is -2.62. The molecule has 2 aromatic heterocycles. The third-order valence-corrected chi connectivity index (χ3v) is 8.23. The maximum absolute atomic E-state index is 10.5. The van der Waals surface area contributed by atoms with Crippen molar-refractivity contribution in [3.8, 4) is 0 Å². The van der Waals surface area contributed by atoms with Gasteiger partial charge < -0.3 is 26.0 Å². The van der Waals surface area contributed by atoms with Crippen molar-refractivity contribution in [1.82, 2.24) is 19.6 Å². The van der Waals surface area contributed by atoms with Crippen molar-refractivity contribution in [2.45, 2.75) is 71.1 Å². The molecule has 10 heteroatoms. The highest BCUT2D eigenvalue weighted by atomic mass is 35.5. The minimum Gasteiger partial charge on any atom is -0.390 e. The number of piperidine rings is 1. The first-order valence-electron chi connectivity index (χ1n) is 13.4. The van der Waals surface area contributed by atoms with E-state index in [4.69, 9.17) is 27.3 Å². The van der Waals surface area contributed by atoms with Crippen LogP contribution in [0.1, 0.15) is 64.0 Å². The molecular weight excluding hydrogens is 488 g/mol. The van der Waals surface area contributed by atoms with Gasteiger partial charge in [0.15, 0.2) is 5.65 Å². The van der Waals surface area contributed by atoms with E-state index in [1.807, 2.05) is 32.2 Å². The number of nitrogens with one attached hydrogen (secondary N) is 1. The number of halogens is 1. The number of anilines is 3. The normalized spacial score (nSPS) is 19.4. The quantitative estimate of drug-likeness (QED) is 0.423. The number of hydrogen-bond donors (Lipinski definition) is 3. The fourth-order valence-corrected chi connectivity index (χ4v) is 5.62. The van der Waals surface area contributed by atoms with Crippen molar-refractivity contribution in [3.63, 3.8) is 0 Å². The smallest absolute Gasteiger partial charge is 0.230 e. The summed E-state index contributed by atoms with van der Waals surface area (Å²) < 4.78 is 1.80. The van der Waals surface area contributed by atoms with E-state index in [-0.39, 0.29) is 17.9 Å². The summed E-state index contributed by atoms with van der Waals surface area (Å²) in [7, 11) is 0. The number of aromatic nitrogens is 4. The summed E-state index contributed by atoms with van der Waals surface area (Å²) in [6, 6.07) is 6.26. The lowest BCUT2D eigenvalue weighted by Crippen LogP contribution is -2.40. The molecule has 0 radical (unpaired) electrons. The number of nitrogens with zero attached hydrogens (tertiary/aromatic N) is 6. The second-order valence-electron chi connectivity index (χ2n) is 11.3. The lowest BCUT2D eigenvalue weighted by molar-refractivity contribution is 0.0263. The largest absolute Gasteiger partial charge is 0.390 e. The van der Waals surface area contributed by atoms with E-state index in [1.165, 1.54) is 0 Å². The monoisotopic (exact) mass is 526 g/mol. The molecule has 0 bridgehead atoms. The number of hydrogen-bond acceptors (Lipinski definition) is 8. The van der Waals surface area contributed by atoms with Gasteiger partial charge >= 0.3 is 0 Å². The zero-order valence-corrected chi connectivity index (χ0v) is 23.0. The first-order chi connectivity index (χ1) is 17.6. The third-order valence-electron chi connectivity index (χ3n) is 7.87. The molecule has 0 aliphatic carbocycles. The summed E-state index contributed by atoms with van der Waals surface area (Å²) in [5, 5.41) is 19.4.